The minimum atomic E-state index is -0.0775. The standard InChI is InChI=1S/C11H10O2/c12-10-7-11-6-2-1-3-8(11)4-5-9(11)13-10/h1-6,8-9H,7H2/t8-,9+,11+/m0/s1. The fourth-order valence-corrected chi connectivity index (χ4v) is 2.50. The molecule has 0 saturated carbocycles. The molecular formula is C11H10O2. The number of hydrogen-bond donors (Lipinski definition) is 0. The van der Waals surface area contributed by atoms with E-state index in [4.69, 9.17) is 4.74 Å². The van der Waals surface area contributed by atoms with Crippen molar-refractivity contribution >= 4 is 5.97 Å². The molecule has 66 valence electrons. The van der Waals surface area contributed by atoms with E-state index < -0.39 is 0 Å². The summed E-state index contributed by atoms with van der Waals surface area (Å²) in [6.07, 6.45) is 12.9. The molecule has 0 unspecified atom stereocenters. The van der Waals surface area contributed by atoms with Gasteiger partial charge in [-0.3, -0.25) is 4.79 Å². The molecular weight excluding hydrogens is 164 g/mol. The molecule has 1 spiro atoms. The van der Waals surface area contributed by atoms with Gasteiger partial charge in [-0.25, -0.2) is 0 Å². The average molecular weight is 174 g/mol. The molecule has 1 saturated heterocycles. The molecule has 2 aliphatic carbocycles. The molecule has 0 aromatic heterocycles. The maximum Gasteiger partial charge on any atom is 0.307 e. The van der Waals surface area contributed by atoms with Crippen molar-refractivity contribution in [3.8, 4) is 0 Å². The Morgan fingerprint density at radius 1 is 1.31 bits per heavy atom. The van der Waals surface area contributed by atoms with Crippen LogP contribution in [0.25, 0.3) is 0 Å². The molecule has 3 rings (SSSR count). The Morgan fingerprint density at radius 3 is 3.15 bits per heavy atom. The highest BCUT2D eigenvalue weighted by atomic mass is 16.6. The summed E-state index contributed by atoms with van der Waals surface area (Å²) in [5, 5.41) is 0. The van der Waals surface area contributed by atoms with Crippen LogP contribution in [0.4, 0.5) is 0 Å². The molecule has 3 atom stereocenters. The van der Waals surface area contributed by atoms with Gasteiger partial charge in [-0.1, -0.05) is 30.4 Å². The molecule has 2 nitrogen and oxygen atoms in total. The van der Waals surface area contributed by atoms with Gasteiger partial charge >= 0.3 is 5.97 Å². The number of allylic oxidation sites excluding steroid dienone is 4. The smallest absolute Gasteiger partial charge is 0.307 e. The Hall–Kier alpha value is -1.31. The number of rotatable bonds is 0. The van der Waals surface area contributed by atoms with E-state index in [1.165, 1.54) is 0 Å². The van der Waals surface area contributed by atoms with Crippen LogP contribution < -0.4 is 0 Å². The summed E-state index contributed by atoms with van der Waals surface area (Å²) in [5.74, 6) is 0.285. The average Bonchev–Trinajstić information content (AvgIpc) is 2.57. The van der Waals surface area contributed by atoms with E-state index in [1.807, 2.05) is 18.2 Å². The number of carbonyl (C=O) groups is 1. The largest absolute Gasteiger partial charge is 0.457 e. The summed E-state index contributed by atoms with van der Waals surface area (Å²) >= 11 is 0. The monoisotopic (exact) mass is 174 g/mol. The zero-order valence-electron chi connectivity index (χ0n) is 7.14. The minimum absolute atomic E-state index is 0.0220. The highest BCUT2D eigenvalue weighted by Crippen LogP contribution is 2.50. The molecule has 1 fully saturated rings. The number of esters is 1. The van der Waals surface area contributed by atoms with Crippen molar-refractivity contribution in [1.29, 1.82) is 0 Å². The Balaban J connectivity index is 2.09. The third-order valence-electron chi connectivity index (χ3n) is 3.19. The van der Waals surface area contributed by atoms with Crippen molar-refractivity contribution < 1.29 is 9.53 Å². The third kappa shape index (κ3) is 0.755. The molecule has 2 heteroatoms. The van der Waals surface area contributed by atoms with Crippen LogP contribution in [0.3, 0.4) is 0 Å². The molecule has 0 amide bonds. The maximum atomic E-state index is 11.2. The maximum absolute atomic E-state index is 11.2. The van der Waals surface area contributed by atoms with Crippen LogP contribution in [0.2, 0.25) is 0 Å². The number of hydrogen-bond acceptors (Lipinski definition) is 2. The first kappa shape index (κ1) is 7.13. The highest BCUT2D eigenvalue weighted by Gasteiger charge is 2.53. The van der Waals surface area contributed by atoms with Gasteiger partial charge in [0.2, 0.25) is 0 Å². The van der Waals surface area contributed by atoms with Gasteiger partial charge in [0.15, 0.2) is 0 Å². The van der Waals surface area contributed by atoms with Gasteiger partial charge in [0, 0.05) is 11.3 Å². The lowest BCUT2D eigenvalue weighted by molar-refractivity contribution is -0.140. The van der Waals surface area contributed by atoms with E-state index in [1.54, 1.807) is 0 Å². The Labute approximate surface area is 76.6 Å². The van der Waals surface area contributed by atoms with Crippen molar-refractivity contribution in [2.45, 2.75) is 12.5 Å². The van der Waals surface area contributed by atoms with Gasteiger partial charge in [0.25, 0.3) is 0 Å². The Bertz CT molecular complexity index is 351. The lowest BCUT2D eigenvalue weighted by Crippen LogP contribution is -2.30. The molecule has 13 heavy (non-hydrogen) atoms. The second-order valence-electron chi connectivity index (χ2n) is 3.85. The molecule has 3 aliphatic rings. The zero-order chi connectivity index (χ0) is 8.89. The molecule has 1 aliphatic heterocycles. The first-order chi connectivity index (χ1) is 6.31. The van der Waals surface area contributed by atoms with Gasteiger partial charge in [-0.05, 0) is 6.08 Å². The second kappa shape index (κ2) is 2.13. The summed E-state index contributed by atoms with van der Waals surface area (Å²) in [5.41, 5.74) is -0.0775. The first-order valence-electron chi connectivity index (χ1n) is 4.55. The predicted octanol–water partition coefficient (Wildman–Crippen LogP) is 1.60. The predicted molar refractivity (Wildman–Crippen MR) is 47.8 cm³/mol. The zero-order valence-corrected chi connectivity index (χ0v) is 7.14. The van der Waals surface area contributed by atoms with Crippen molar-refractivity contribution in [1.82, 2.24) is 0 Å². The highest BCUT2D eigenvalue weighted by molar-refractivity contribution is 5.75. The lowest BCUT2D eigenvalue weighted by atomic mass is 9.72. The Kier molecular flexibility index (Phi) is 1.17. The van der Waals surface area contributed by atoms with E-state index in [0.29, 0.717) is 12.3 Å². The molecule has 1 heterocycles. The van der Waals surface area contributed by atoms with Crippen LogP contribution in [0.1, 0.15) is 6.42 Å². The topological polar surface area (TPSA) is 26.3 Å². The van der Waals surface area contributed by atoms with Gasteiger partial charge < -0.3 is 4.74 Å². The number of carbonyl (C=O) groups excluding carboxylic acids is 1. The molecule has 0 aromatic carbocycles. The summed E-state index contributed by atoms with van der Waals surface area (Å²) in [4.78, 5) is 11.2. The molecule has 0 radical (unpaired) electrons. The van der Waals surface area contributed by atoms with Gasteiger partial charge in [0.1, 0.15) is 6.10 Å². The van der Waals surface area contributed by atoms with Gasteiger partial charge in [-0.15, -0.1) is 0 Å². The van der Waals surface area contributed by atoms with Crippen LogP contribution >= 0.6 is 0 Å². The summed E-state index contributed by atoms with van der Waals surface area (Å²) in [6.45, 7) is 0. The SMILES string of the molecule is O=C1C[C@]23C=CC=C[C@H]2C=C[C@H]3O1. The first-order valence-corrected chi connectivity index (χ1v) is 4.55. The van der Waals surface area contributed by atoms with E-state index in [9.17, 15) is 4.79 Å². The van der Waals surface area contributed by atoms with E-state index in [-0.39, 0.29) is 17.5 Å². The van der Waals surface area contributed by atoms with Crippen LogP contribution in [0.5, 0.6) is 0 Å². The quantitative estimate of drug-likeness (QED) is 0.412. The van der Waals surface area contributed by atoms with Crippen LogP contribution in [0, 0.1) is 11.3 Å². The van der Waals surface area contributed by atoms with Crippen molar-refractivity contribution in [3.63, 3.8) is 0 Å². The van der Waals surface area contributed by atoms with E-state index >= 15 is 0 Å². The fraction of sp³-hybridized carbons (Fsp3) is 0.364. The van der Waals surface area contributed by atoms with Gasteiger partial charge in [0.05, 0.1) is 6.42 Å². The minimum Gasteiger partial charge on any atom is -0.457 e. The van der Waals surface area contributed by atoms with Crippen LogP contribution in [-0.4, -0.2) is 12.1 Å². The number of ether oxygens (including phenoxy) is 1. The van der Waals surface area contributed by atoms with Gasteiger partial charge in [-0.2, -0.15) is 0 Å². The Morgan fingerprint density at radius 2 is 2.23 bits per heavy atom. The lowest BCUT2D eigenvalue weighted by Gasteiger charge is -2.29. The van der Waals surface area contributed by atoms with Crippen molar-refractivity contribution in [2.75, 3.05) is 0 Å². The summed E-state index contributed by atoms with van der Waals surface area (Å²) in [6, 6.07) is 0. The third-order valence-corrected chi connectivity index (χ3v) is 3.19. The van der Waals surface area contributed by atoms with Crippen LogP contribution in [-0.2, 0) is 9.53 Å². The normalized spacial score (nSPS) is 44.8. The van der Waals surface area contributed by atoms with E-state index in [2.05, 4.69) is 18.2 Å². The van der Waals surface area contributed by atoms with Crippen molar-refractivity contribution in [3.05, 3.63) is 36.5 Å². The van der Waals surface area contributed by atoms with Crippen LogP contribution in [0.15, 0.2) is 36.5 Å². The molecule has 0 bridgehead atoms. The molecule has 0 aromatic rings. The summed E-state index contributed by atoms with van der Waals surface area (Å²) in [7, 11) is 0. The fourth-order valence-electron chi connectivity index (χ4n) is 2.50. The second-order valence-corrected chi connectivity index (χ2v) is 3.85. The van der Waals surface area contributed by atoms with E-state index in [0.717, 1.165) is 0 Å². The molecule has 0 N–H and O–H groups in total. The summed E-state index contributed by atoms with van der Waals surface area (Å²) < 4.78 is 5.23. The van der Waals surface area contributed by atoms with Crippen molar-refractivity contribution in [2.24, 2.45) is 11.3 Å².